The zero-order chi connectivity index (χ0) is 26.6. The first-order chi connectivity index (χ1) is 18.2. The molecule has 10 heteroatoms. The highest BCUT2D eigenvalue weighted by Crippen LogP contribution is 2.44. The molecule has 3 aromatic carbocycles. The Morgan fingerprint density at radius 3 is 2.82 bits per heavy atom. The number of aliphatic carboxylic acids is 1. The van der Waals surface area contributed by atoms with Crippen molar-refractivity contribution in [3.8, 4) is 22.9 Å². The minimum absolute atomic E-state index is 0.0136. The van der Waals surface area contributed by atoms with Crippen molar-refractivity contribution in [3.05, 3.63) is 101 Å². The zero-order valence-electron chi connectivity index (χ0n) is 20.0. The maximum Gasteiger partial charge on any atom is 0.307 e. The molecule has 0 amide bonds. The van der Waals surface area contributed by atoms with Crippen LogP contribution in [0.4, 0.5) is 13.2 Å². The highest BCUT2D eigenvalue weighted by atomic mass is 19.1. The van der Waals surface area contributed by atoms with Gasteiger partial charge in [0.2, 0.25) is 0 Å². The average Bonchev–Trinajstić information content (AvgIpc) is 3.63. The van der Waals surface area contributed by atoms with Crippen LogP contribution >= 0.6 is 0 Å². The van der Waals surface area contributed by atoms with Crippen molar-refractivity contribution in [1.82, 2.24) is 14.8 Å². The highest BCUT2D eigenvalue weighted by molar-refractivity contribution is 5.82. The molecule has 1 aliphatic rings. The van der Waals surface area contributed by atoms with Crippen LogP contribution in [-0.4, -0.2) is 32.4 Å². The number of nitrogens with zero attached hydrogens (tertiary/aromatic N) is 2. The number of hydrogen-bond donors (Lipinski definition) is 2. The van der Waals surface area contributed by atoms with Gasteiger partial charge < -0.3 is 19.6 Å². The van der Waals surface area contributed by atoms with Gasteiger partial charge in [-0.25, -0.2) is 17.9 Å². The standard InChI is InChI=1S/C28H20F3N3O4/c1-28(14-37-26-15(11-24(35)36)3-2-4-18(26)28)23-8-10-34(33-23)22-12-16(5-6-19(22)29)38-27-20(30)13-21-17(25(27)31)7-9-32-21/h2-10,12-13,32H,11,14H2,1H3,(H,35,36)/t28-/m0/s1. The smallest absolute Gasteiger partial charge is 0.307 e. The van der Waals surface area contributed by atoms with Crippen LogP contribution in [0.5, 0.6) is 17.2 Å². The number of carboxylic acids is 1. The second kappa shape index (κ2) is 8.69. The van der Waals surface area contributed by atoms with E-state index >= 15 is 0 Å². The minimum atomic E-state index is -0.967. The molecule has 3 heterocycles. The number of aromatic nitrogens is 3. The first-order valence-corrected chi connectivity index (χ1v) is 11.7. The highest BCUT2D eigenvalue weighted by Gasteiger charge is 2.41. The number of aromatic amines is 1. The van der Waals surface area contributed by atoms with Crippen molar-refractivity contribution >= 4 is 16.9 Å². The molecule has 7 nitrogen and oxygen atoms in total. The lowest BCUT2D eigenvalue weighted by Gasteiger charge is -2.20. The molecule has 0 saturated carbocycles. The Labute approximate surface area is 214 Å². The van der Waals surface area contributed by atoms with E-state index < -0.39 is 34.6 Å². The van der Waals surface area contributed by atoms with Gasteiger partial charge in [-0.15, -0.1) is 0 Å². The molecular weight excluding hydrogens is 499 g/mol. The molecule has 192 valence electrons. The van der Waals surface area contributed by atoms with Crippen molar-refractivity contribution in [2.75, 3.05) is 6.61 Å². The molecule has 38 heavy (non-hydrogen) atoms. The number of benzene rings is 3. The SMILES string of the molecule is C[C@]1(c2ccn(-c3cc(Oc4c(F)cc5[nH]ccc5c4F)ccc3F)n2)COc2c(CC(=O)O)cccc21. The molecule has 0 fully saturated rings. The molecule has 0 aliphatic carbocycles. The van der Waals surface area contributed by atoms with E-state index in [-0.39, 0.29) is 35.4 Å². The molecule has 2 N–H and O–H groups in total. The maximum absolute atomic E-state index is 14.9. The monoisotopic (exact) mass is 519 g/mol. The van der Waals surface area contributed by atoms with Crippen molar-refractivity contribution in [1.29, 1.82) is 0 Å². The lowest BCUT2D eigenvalue weighted by atomic mass is 9.81. The van der Waals surface area contributed by atoms with E-state index in [9.17, 15) is 23.1 Å². The number of hydrogen-bond acceptors (Lipinski definition) is 4. The van der Waals surface area contributed by atoms with Crippen LogP contribution < -0.4 is 9.47 Å². The first-order valence-electron chi connectivity index (χ1n) is 11.7. The normalized spacial score (nSPS) is 16.4. The molecule has 1 aliphatic heterocycles. The number of para-hydroxylation sites is 1. The maximum atomic E-state index is 14.9. The Bertz CT molecular complexity index is 1730. The van der Waals surface area contributed by atoms with Gasteiger partial charge in [-0.2, -0.15) is 5.10 Å². The van der Waals surface area contributed by atoms with Crippen LogP contribution in [0.1, 0.15) is 23.7 Å². The summed E-state index contributed by atoms with van der Waals surface area (Å²) in [6, 6.07) is 13.3. The molecule has 5 aromatic rings. The van der Waals surface area contributed by atoms with Gasteiger partial charge in [-0.3, -0.25) is 4.79 Å². The van der Waals surface area contributed by atoms with Gasteiger partial charge in [-0.1, -0.05) is 18.2 Å². The second-order valence-electron chi connectivity index (χ2n) is 9.29. The zero-order valence-corrected chi connectivity index (χ0v) is 20.0. The first kappa shape index (κ1) is 23.7. The molecule has 0 spiro atoms. The summed E-state index contributed by atoms with van der Waals surface area (Å²) in [5.41, 5.74) is 1.51. The van der Waals surface area contributed by atoms with Gasteiger partial charge in [0.25, 0.3) is 0 Å². The Kier molecular flexibility index (Phi) is 5.41. The number of halogens is 3. The van der Waals surface area contributed by atoms with Crippen molar-refractivity contribution in [2.24, 2.45) is 0 Å². The molecular formula is C28H20F3N3O4. The van der Waals surface area contributed by atoms with Crippen molar-refractivity contribution < 1.29 is 32.5 Å². The lowest BCUT2D eigenvalue weighted by molar-refractivity contribution is -0.136. The van der Waals surface area contributed by atoms with Gasteiger partial charge in [0, 0.05) is 41.0 Å². The van der Waals surface area contributed by atoms with Crippen LogP contribution in [0.2, 0.25) is 0 Å². The van der Waals surface area contributed by atoms with E-state index in [4.69, 9.17) is 9.47 Å². The minimum Gasteiger partial charge on any atom is -0.492 e. The van der Waals surface area contributed by atoms with E-state index in [0.717, 1.165) is 17.7 Å². The van der Waals surface area contributed by atoms with E-state index in [1.54, 1.807) is 24.4 Å². The van der Waals surface area contributed by atoms with Crippen LogP contribution in [0.25, 0.3) is 16.6 Å². The third kappa shape index (κ3) is 3.76. The molecule has 6 rings (SSSR count). The summed E-state index contributed by atoms with van der Waals surface area (Å²) in [5, 5.41) is 14.0. The topological polar surface area (TPSA) is 89.4 Å². The molecule has 0 saturated heterocycles. The number of carboxylic acid groups (broad SMARTS) is 1. The van der Waals surface area contributed by atoms with Crippen LogP contribution in [0.3, 0.4) is 0 Å². The molecule has 0 radical (unpaired) electrons. The summed E-state index contributed by atoms with van der Waals surface area (Å²) in [6.07, 6.45) is 2.88. The number of carbonyl (C=O) groups is 1. The van der Waals surface area contributed by atoms with Crippen LogP contribution in [0, 0.1) is 17.5 Å². The van der Waals surface area contributed by atoms with Gasteiger partial charge >= 0.3 is 5.97 Å². The van der Waals surface area contributed by atoms with Gasteiger partial charge in [0.05, 0.1) is 23.0 Å². The fourth-order valence-electron chi connectivity index (χ4n) is 4.81. The predicted octanol–water partition coefficient (Wildman–Crippen LogP) is 5.89. The summed E-state index contributed by atoms with van der Waals surface area (Å²) in [5.74, 6) is -3.43. The van der Waals surface area contributed by atoms with Crippen LogP contribution in [0.15, 0.2) is 67.0 Å². The second-order valence-corrected chi connectivity index (χ2v) is 9.29. The summed E-state index contributed by atoms with van der Waals surface area (Å²) in [6.45, 7) is 2.14. The predicted molar refractivity (Wildman–Crippen MR) is 132 cm³/mol. The summed E-state index contributed by atoms with van der Waals surface area (Å²) in [4.78, 5) is 14.0. The Hall–Kier alpha value is -4.73. The Morgan fingerprint density at radius 1 is 1.16 bits per heavy atom. The van der Waals surface area contributed by atoms with Crippen LogP contribution in [-0.2, 0) is 16.6 Å². The van der Waals surface area contributed by atoms with E-state index in [2.05, 4.69) is 10.1 Å². The Balaban J connectivity index is 1.34. The number of H-pyrrole nitrogens is 1. The third-order valence-corrected chi connectivity index (χ3v) is 6.78. The van der Waals surface area contributed by atoms with Gasteiger partial charge in [0.15, 0.2) is 17.4 Å². The summed E-state index contributed by atoms with van der Waals surface area (Å²) < 4.78 is 57.0. The van der Waals surface area contributed by atoms with E-state index in [1.165, 1.54) is 29.1 Å². The third-order valence-electron chi connectivity index (χ3n) is 6.78. The van der Waals surface area contributed by atoms with Crippen molar-refractivity contribution in [3.63, 3.8) is 0 Å². The largest absolute Gasteiger partial charge is 0.492 e. The number of nitrogens with one attached hydrogen (secondary N) is 1. The Morgan fingerprint density at radius 2 is 2.00 bits per heavy atom. The summed E-state index contributed by atoms with van der Waals surface area (Å²) >= 11 is 0. The van der Waals surface area contributed by atoms with Gasteiger partial charge in [-0.05, 0) is 31.2 Å². The van der Waals surface area contributed by atoms with E-state index in [1.807, 2.05) is 13.0 Å². The van der Waals surface area contributed by atoms with E-state index in [0.29, 0.717) is 17.0 Å². The lowest BCUT2D eigenvalue weighted by Crippen LogP contribution is -2.26. The number of ether oxygens (including phenoxy) is 2. The van der Waals surface area contributed by atoms with Gasteiger partial charge in [0.1, 0.15) is 29.6 Å². The average molecular weight is 519 g/mol. The quantitative estimate of drug-likeness (QED) is 0.292. The fourth-order valence-corrected chi connectivity index (χ4v) is 4.81. The molecule has 0 unspecified atom stereocenters. The number of rotatable bonds is 6. The molecule has 0 bridgehead atoms. The number of fused-ring (bicyclic) bond motifs is 2. The molecule has 2 aromatic heterocycles. The molecule has 1 atom stereocenters. The summed E-state index contributed by atoms with van der Waals surface area (Å²) in [7, 11) is 0. The van der Waals surface area contributed by atoms with Crippen molar-refractivity contribution in [2.45, 2.75) is 18.8 Å². The fraction of sp³-hybridized carbons (Fsp3) is 0.143.